The van der Waals surface area contributed by atoms with Crippen LogP contribution in [0.3, 0.4) is 0 Å². The van der Waals surface area contributed by atoms with E-state index in [1.54, 1.807) is 6.07 Å². The van der Waals surface area contributed by atoms with E-state index in [0.717, 1.165) is 61.6 Å². The second-order valence-corrected chi connectivity index (χ2v) is 11.6. The highest BCUT2D eigenvalue weighted by molar-refractivity contribution is 7.89. The minimum Gasteiger partial charge on any atom is -0.490 e. The van der Waals surface area contributed by atoms with Gasteiger partial charge in [-0.1, -0.05) is 67.1 Å². The standard InChI is InChI=1S/C30H36N2O5S.ClH/c1-38(35,36)32-30(34)27-17-16-25(20-29(27)37-26-10-6-3-7-11-26)23-14-12-22(13-15-23)18-19-31-21-28(33)24-8-4-2-5-9-24;/h2,4-5,8-9,12-17,20,26,28,31,33H,3,6-7,10-11,18-19,21H2,1H3,(H,32,34);1H/t28-;/m1./s1. The molecular weight excluding hydrogens is 536 g/mol. The smallest absolute Gasteiger partial charge is 0.268 e. The fourth-order valence-corrected chi connectivity index (χ4v) is 5.15. The molecule has 39 heavy (non-hydrogen) atoms. The summed E-state index contributed by atoms with van der Waals surface area (Å²) in [6, 6.07) is 23.1. The molecule has 1 aliphatic carbocycles. The average Bonchev–Trinajstić information content (AvgIpc) is 2.91. The quantitative estimate of drug-likeness (QED) is 0.278. The molecule has 1 atom stereocenters. The summed E-state index contributed by atoms with van der Waals surface area (Å²) in [5.74, 6) is -0.286. The minimum absolute atomic E-state index is 0. The van der Waals surface area contributed by atoms with Crippen molar-refractivity contribution in [1.29, 1.82) is 0 Å². The third-order valence-electron chi connectivity index (χ3n) is 6.75. The highest BCUT2D eigenvalue weighted by Gasteiger charge is 2.21. The molecule has 0 saturated heterocycles. The largest absolute Gasteiger partial charge is 0.490 e. The summed E-state index contributed by atoms with van der Waals surface area (Å²) in [4.78, 5) is 12.7. The molecule has 0 spiro atoms. The molecule has 1 amide bonds. The van der Waals surface area contributed by atoms with Gasteiger partial charge in [0.1, 0.15) is 5.75 Å². The monoisotopic (exact) mass is 572 g/mol. The molecule has 210 valence electrons. The van der Waals surface area contributed by atoms with E-state index in [9.17, 15) is 18.3 Å². The Hall–Kier alpha value is -2.91. The third kappa shape index (κ3) is 9.35. The van der Waals surface area contributed by atoms with Crippen LogP contribution in [0.1, 0.15) is 59.7 Å². The first-order valence-corrected chi connectivity index (χ1v) is 15.0. The molecule has 9 heteroatoms. The number of amides is 1. The van der Waals surface area contributed by atoms with Crippen LogP contribution < -0.4 is 14.8 Å². The Morgan fingerprint density at radius 1 is 0.974 bits per heavy atom. The van der Waals surface area contributed by atoms with Crippen molar-refractivity contribution in [1.82, 2.24) is 10.0 Å². The lowest BCUT2D eigenvalue weighted by molar-refractivity contribution is 0.0969. The Morgan fingerprint density at radius 3 is 2.31 bits per heavy atom. The van der Waals surface area contributed by atoms with Crippen molar-refractivity contribution in [3.05, 3.63) is 89.5 Å². The molecule has 0 radical (unpaired) electrons. The molecule has 3 aromatic carbocycles. The molecule has 1 saturated carbocycles. The Kier molecular flexibility index (Phi) is 11.4. The fourth-order valence-electron chi connectivity index (χ4n) is 4.70. The van der Waals surface area contributed by atoms with Crippen molar-refractivity contribution in [3.8, 4) is 16.9 Å². The summed E-state index contributed by atoms with van der Waals surface area (Å²) >= 11 is 0. The number of carbonyl (C=O) groups is 1. The molecule has 4 rings (SSSR count). The van der Waals surface area contributed by atoms with Gasteiger partial charge < -0.3 is 15.2 Å². The Balaban J connectivity index is 0.00000420. The number of halogens is 1. The van der Waals surface area contributed by atoms with Gasteiger partial charge in [-0.3, -0.25) is 4.79 Å². The summed E-state index contributed by atoms with van der Waals surface area (Å²) in [6.45, 7) is 1.23. The predicted octanol–water partition coefficient (Wildman–Crippen LogP) is 5.04. The molecule has 0 heterocycles. The van der Waals surface area contributed by atoms with E-state index >= 15 is 0 Å². The van der Waals surface area contributed by atoms with E-state index < -0.39 is 22.0 Å². The lowest BCUT2D eigenvalue weighted by Crippen LogP contribution is -2.30. The van der Waals surface area contributed by atoms with Crippen LogP contribution in [0.15, 0.2) is 72.8 Å². The second kappa shape index (κ2) is 14.5. The van der Waals surface area contributed by atoms with Crippen LogP contribution in [0.5, 0.6) is 5.75 Å². The zero-order valence-electron chi connectivity index (χ0n) is 22.1. The van der Waals surface area contributed by atoms with Crippen LogP contribution >= 0.6 is 12.4 Å². The topological polar surface area (TPSA) is 105 Å². The number of benzene rings is 3. The average molecular weight is 573 g/mol. The number of rotatable bonds is 11. The van der Waals surface area contributed by atoms with Crippen LogP contribution in [0.2, 0.25) is 0 Å². The van der Waals surface area contributed by atoms with E-state index in [-0.39, 0.29) is 24.1 Å². The van der Waals surface area contributed by atoms with Gasteiger partial charge in [-0.2, -0.15) is 0 Å². The first-order chi connectivity index (χ1) is 18.3. The SMILES string of the molecule is CS(=O)(=O)NC(=O)c1ccc(-c2ccc(CCNC[C@@H](O)c3ccccc3)cc2)cc1OC1CCCCC1.Cl. The lowest BCUT2D eigenvalue weighted by atomic mass is 9.97. The van der Waals surface area contributed by atoms with Crippen LogP contribution in [0.4, 0.5) is 0 Å². The van der Waals surface area contributed by atoms with Gasteiger partial charge in [0, 0.05) is 6.54 Å². The Bertz CT molecular complexity index is 1310. The number of carbonyl (C=O) groups excluding carboxylic acids is 1. The normalized spacial score (nSPS) is 14.7. The summed E-state index contributed by atoms with van der Waals surface area (Å²) in [5.41, 5.74) is 4.14. The van der Waals surface area contributed by atoms with Gasteiger partial charge in [0.05, 0.1) is 24.0 Å². The number of sulfonamides is 1. The van der Waals surface area contributed by atoms with Crippen molar-refractivity contribution < 1.29 is 23.1 Å². The molecule has 1 fully saturated rings. The van der Waals surface area contributed by atoms with E-state index in [2.05, 4.69) is 22.2 Å². The molecule has 0 aliphatic heterocycles. The summed E-state index contributed by atoms with van der Waals surface area (Å²) in [7, 11) is -3.69. The van der Waals surface area contributed by atoms with E-state index in [4.69, 9.17) is 4.74 Å². The molecule has 0 aromatic heterocycles. The zero-order valence-corrected chi connectivity index (χ0v) is 23.8. The fraction of sp³-hybridized carbons (Fsp3) is 0.367. The van der Waals surface area contributed by atoms with Crippen LogP contribution in [0, 0.1) is 0 Å². The van der Waals surface area contributed by atoms with Crippen molar-refractivity contribution in [3.63, 3.8) is 0 Å². The molecule has 3 N–H and O–H groups in total. The minimum atomic E-state index is -3.69. The predicted molar refractivity (Wildman–Crippen MR) is 157 cm³/mol. The number of aliphatic hydroxyl groups excluding tert-OH is 1. The van der Waals surface area contributed by atoms with E-state index in [0.29, 0.717) is 12.3 Å². The van der Waals surface area contributed by atoms with Gasteiger partial charge >= 0.3 is 0 Å². The Labute approximate surface area is 237 Å². The van der Waals surface area contributed by atoms with Crippen LogP contribution in [0.25, 0.3) is 11.1 Å². The first kappa shape index (κ1) is 30.6. The number of ether oxygens (including phenoxy) is 1. The molecule has 0 bridgehead atoms. The third-order valence-corrected chi connectivity index (χ3v) is 7.31. The van der Waals surface area contributed by atoms with Gasteiger partial charge in [0.15, 0.2) is 0 Å². The van der Waals surface area contributed by atoms with Crippen molar-refractivity contribution in [2.75, 3.05) is 19.3 Å². The van der Waals surface area contributed by atoms with Gasteiger partial charge in [0.2, 0.25) is 10.0 Å². The molecule has 7 nitrogen and oxygen atoms in total. The first-order valence-electron chi connectivity index (χ1n) is 13.1. The molecule has 0 unspecified atom stereocenters. The van der Waals surface area contributed by atoms with Gasteiger partial charge in [0.25, 0.3) is 5.91 Å². The molecule has 3 aromatic rings. The van der Waals surface area contributed by atoms with Gasteiger partial charge in [-0.15, -0.1) is 12.4 Å². The Morgan fingerprint density at radius 2 is 1.64 bits per heavy atom. The van der Waals surface area contributed by atoms with Crippen molar-refractivity contribution in [2.45, 2.75) is 50.7 Å². The molecule has 1 aliphatic rings. The number of hydrogen-bond donors (Lipinski definition) is 3. The zero-order chi connectivity index (χ0) is 27.0. The lowest BCUT2D eigenvalue weighted by Gasteiger charge is -2.24. The van der Waals surface area contributed by atoms with Crippen LogP contribution in [-0.2, 0) is 16.4 Å². The van der Waals surface area contributed by atoms with Crippen molar-refractivity contribution >= 4 is 28.3 Å². The highest BCUT2D eigenvalue weighted by Crippen LogP contribution is 2.31. The maximum atomic E-state index is 12.7. The second-order valence-electron chi connectivity index (χ2n) is 9.87. The maximum Gasteiger partial charge on any atom is 0.268 e. The molecular formula is C30H37ClN2O5S. The van der Waals surface area contributed by atoms with Crippen LogP contribution in [-0.4, -0.2) is 44.9 Å². The summed E-state index contributed by atoms with van der Waals surface area (Å²) in [6.07, 6.45) is 6.44. The number of aliphatic hydroxyl groups is 1. The summed E-state index contributed by atoms with van der Waals surface area (Å²) < 4.78 is 31.6. The maximum absolute atomic E-state index is 12.7. The van der Waals surface area contributed by atoms with Gasteiger partial charge in [-0.25, -0.2) is 13.1 Å². The summed E-state index contributed by atoms with van der Waals surface area (Å²) in [5, 5.41) is 13.6. The van der Waals surface area contributed by atoms with E-state index in [1.165, 1.54) is 12.0 Å². The number of hydrogen-bond acceptors (Lipinski definition) is 6. The van der Waals surface area contributed by atoms with Crippen molar-refractivity contribution in [2.24, 2.45) is 0 Å². The van der Waals surface area contributed by atoms with E-state index in [1.807, 2.05) is 54.6 Å². The van der Waals surface area contributed by atoms with Gasteiger partial charge in [-0.05, 0) is 73.0 Å². The highest BCUT2D eigenvalue weighted by atomic mass is 35.5. The number of nitrogens with one attached hydrogen (secondary N) is 2.